The van der Waals surface area contributed by atoms with E-state index in [2.05, 4.69) is 0 Å². The minimum atomic E-state index is -2.46. The maximum Gasteiger partial charge on any atom is 0.349 e. The number of carbonyl (C=O) groups excluding carboxylic acids is 2. The number of aliphatic hydroxyl groups excluding tert-OH is 1. The van der Waals surface area contributed by atoms with Crippen molar-refractivity contribution < 1.29 is 46.9 Å². The molecule has 1 aromatic rings. The standard InChI is InChI=1S/C28H28F4O6/c1-13-9-15-16-11-20(31)17-10-14(33)7-8-25(17,2)27(16,32)21(34)12-26(15,3)28(13,24(36)37)38-23(35)22-18(29)5-4-6-19(22)30/h4-8,10,13,15-16,20-21,34H,9,11-12H2,1-3H3,(H,36,37)/t13-,15+,16+,20+,21+,25+,26+,27+,28+/m1/s1. The van der Waals surface area contributed by atoms with Gasteiger partial charge in [0.1, 0.15) is 23.4 Å². The largest absolute Gasteiger partial charge is 0.478 e. The van der Waals surface area contributed by atoms with Crippen molar-refractivity contribution in [3.05, 3.63) is 59.2 Å². The first-order valence-corrected chi connectivity index (χ1v) is 12.5. The third kappa shape index (κ3) is 3.06. The lowest BCUT2D eigenvalue weighted by molar-refractivity contribution is -0.229. The number of aliphatic hydroxyl groups is 1. The number of hydrogen-bond acceptors (Lipinski definition) is 5. The van der Waals surface area contributed by atoms with Gasteiger partial charge in [-0.05, 0) is 62.0 Å². The van der Waals surface area contributed by atoms with Crippen LogP contribution in [0.3, 0.4) is 0 Å². The average molecular weight is 537 g/mol. The van der Waals surface area contributed by atoms with Crippen LogP contribution in [-0.4, -0.2) is 51.5 Å². The van der Waals surface area contributed by atoms with Crippen LogP contribution in [-0.2, 0) is 14.3 Å². The molecule has 0 unspecified atom stereocenters. The Hall–Kier alpha value is -3.01. The third-order valence-electron chi connectivity index (χ3n) is 9.91. The first kappa shape index (κ1) is 26.6. The highest BCUT2D eigenvalue weighted by Crippen LogP contribution is 2.71. The Morgan fingerprint density at radius 3 is 2.34 bits per heavy atom. The summed E-state index contributed by atoms with van der Waals surface area (Å²) in [6.07, 6.45) is -1.05. The molecule has 0 saturated heterocycles. The van der Waals surface area contributed by atoms with Crippen molar-refractivity contribution >= 4 is 17.7 Å². The van der Waals surface area contributed by atoms with E-state index in [-0.39, 0.29) is 12.0 Å². The van der Waals surface area contributed by atoms with Crippen LogP contribution in [0.15, 0.2) is 42.0 Å². The van der Waals surface area contributed by atoms with Gasteiger partial charge in [-0.25, -0.2) is 27.2 Å². The summed E-state index contributed by atoms with van der Waals surface area (Å²) < 4.78 is 67.1. The fraction of sp³-hybridized carbons (Fsp3) is 0.536. The zero-order chi connectivity index (χ0) is 28.0. The molecule has 204 valence electrons. The van der Waals surface area contributed by atoms with Crippen LogP contribution in [0.2, 0.25) is 0 Å². The summed E-state index contributed by atoms with van der Waals surface area (Å²) in [5, 5.41) is 21.8. The molecule has 0 spiro atoms. The van der Waals surface area contributed by atoms with Gasteiger partial charge in [-0.1, -0.05) is 26.0 Å². The van der Waals surface area contributed by atoms with Crippen LogP contribution >= 0.6 is 0 Å². The Kier molecular flexibility index (Phi) is 5.77. The summed E-state index contributed by atoms with van der Waals surface area (Å²) in [6.45, 7) is 4.32. The number of benzene rings is 1. The number of fused-ring (bicyclic) bond motifs is 5. The van der Waals surface area contributed by atoms with E-state index in [1.165, 1.54) is 26.8 Å². The number of ether oxygens (including phenoxy) is 1. The second-order valence-electron chi connectivity index (χ2n) is 11.5. The topological polar surface area (TPSA) is 101 Å². The maximum atomic E-state index is 17.3. The Morgan fingerprint density at radius 1 is 1.11 bits per heavy atom. The van der Waals surface area contributed by atoms with Gasteiger partial charge in [-0.15, -0.1) is 0 Å². The summed E-state index contributed by atoms with van der Waals surface area (Å²) in [5.41, 5.74) is -9.30. The van der Waals surface area contributed by atoms with Crippen LogP contribution in [0.5, 0.6) is 0 Å². The SMILES string of the molecule is C[C@@H]1C[C@H]2[C@@H]3C[C@H](F)C4=CC(=O)C=C[C@]4(C)[C@@]3(F)[C@@H](O)C[C@]2(C)[C@@]1(OC(=O)c1c(F)cccc1F)C(=O)O. The molecule has 0 aliphatic heterocycles. The van der Waals surface area contributed by atoms with E-state index in [0.29, 0.717) is 0 Å². The van der Waals surface area contributed by atoms with Gasteiger partial charge in [0.25, 0.3) is 0 Å². The van der Waals surface area contributed by atoms with E-state index in [4.69, 9.17) is 4.74 Å². The molecule has 5 rings (SSSR count). The molecule has 0 bridgehead atoms. The predicted octanol–water partition coefficient (Wildman–Crippen LogP) is 4.51. The number of ketones is 1. The van der Waals surface area contributed by atoms with Gasteiger partial charge < -0.3 is 14.9 Å². The van der Waals surface area contributed by atoms with Crippen molar-refractivity contribution in [2.75, 3.05) is 0 Å². The van der Waals surface area contributed by atoms with E-state index >= 15 is 8.78 Å². The average Bonchev–Trinajstić information content (AvgIpc) is 3.04. The summed E-state index contributed by atoms with van der Waals surface area (Å²) in [7, 11) is 0. The van der Waals surface area contributed by atoms with Crippen LogP contribution in [0.25, 0.3) is 0 Å². The van der Waals surface area contributed by atoms with Gasteiger partial charge in [0.15, 0.2) is 11.5 Å². The number of rotatable bonds is 3. The first-order valence-electron chi connectivity index (χ1n) is 12.5. The lowest BCUT2D eigenvalue weighted by Crippen LogP contribution is -2.71. The normalized spacial score (nSPS) is 43.5. The molecule has 1 aromatic carbocycles. The van der Waals surface area contributed by atoms with Crippen LogP contribution in [0.1, 0.15) is 50.4 Å². The van der Waals surface area contributed by atoms with Crippen molar-refractivity contribution in [1.82, 2.24) is 0 Å². The van der Waals surface area contributed by atoms with Crippen molar-refractivity contribution in [3.8, 4) is 0 Å². The van der Waals surface area contributed by atoms with Gasteiger partial charge in [0.05, 0.1) is 6.10 Å². The van der Waals surface area contributed by atoms with E-state index in [1.54, 1.807) is 0 Å². The van der Waals surface area contributed by atoms with Gasteiger partial charge >= 0.3 is 11.9 Å². The molecular weight excluding hydrogens is 508 g/mol. The molecule has 2 N–H and O–H groups in total. The van der Waals surface area contributed by atoms with Gasteiger partial charge in [0, 0.05) is 22.7 Å². The molecule has 3 fully saturated rings. The predicted molar refractivity (Wildman–Crippen MR) is 125 cm³/mol. The molecule has 10 heteroatoms. The number of hydrogen-bond donors (Lipinski definition) is 2. The monoisotopic (exact) mass is 536 g/mol. The fourth-order valence-electron chi connectivity index (χ4n) is 8.13. The van der Waals surface area contributed by atoms with Gasteiger partial charge in [0.2, 0.25) is 5.60 Å². The fourth-order valence-corrected chi connectivity index (χ4v) is 8.13. The quantitative estimate of drug-likeness (QED) is 0.436. The number of alkyl halides is 2. The molecule has 3 saturated carbocycles. The number of carboxylic acids is 1. The van der Waals surface area contributed by atoms with E-state index in [0.717, 1.165) is 30.4 Å². The molecule has 0 radical (unpaired) electrons. The molecule has 4 aliphatic carbocycles. The van der Waals surface area contributed by atoms with E-state index < -0.39 is 99.9 Å². The highest BCUT2D eigenvalue weighted by atomic mass is 19.2. The minimum Gasteiger partial charge on any atom is -0.478 e. The highest BCUT2D eigenvalue weighted by molar-refractivity contribution is 6.01. The molecule has 0 heterocycles. The van der Waals surface area contributed by atoms with E-state index in [9.17, 15) is 33.4 Å². The third-order valence-corrected chi connectivity index (χ3v) is 9.91. The molecule has 38 heavy (non-hydrogen) atoms. The molecule has 9 atom stereocenters. The summed E-state index contributed by atoms with van der Waals surface area (Å²) in [6, 6.07) is 2.69. The number of halogens is 4. The zero-order valence-electron chi connectivity index (χ0n) is 21.0. The Labute approximate surface area is 216 Å². The Balaban J connectivity index is 1.62. The van der Waals surface area contributed by atoms with Crippen LogP contribution in [0, 0.1) is 40.2 Å². The van der Waals surface area contributed by atoms with Crippen molar-refractivity contribution in [1.29, 1.82) is 0 Å². The molecule has 0 amide bonds. The number of carbonyl (C=O) groups is 3. The Morgan fingerprint density at radius 2 is 1.74 bits per heavy atom. The molecular formula is C28H28F4O6. The van der Waals surface area contributed by atoms with Crippen LogP contribution in [0.4, 0.5) is 17.6 Å². The second kappa shape index (κ2) is 8.24. The lowest BCUT2D eigenvalue weighted by Gasteiger charge is -2.62. The summed E-state index contributed by atoms with van der Waals surface area (Å²) >= 11 is 0. The van der Waals surface area contributed by atoms with E-state index in [1.807, 2.05) is 0 Å². The maximum absolute atomic E-state index is 17.3. The molecule has 0 aromatic heterocycles. The number of carboxylic acid groups (broad SMARTS) is 1. The van der Waals surface area contributed by atoms with Crippen LogP contribution < -0.4 is 0 Å². The molecule has 6 nitrogen and oxygen atoms in total. The summed E-state index contributed by atoms with van der Waals surface area (Å²) in [4.78, 5) is 37.9. The second-order valence-corrected chi connectivity index (χ2v) is 11.5. The zero-order valence-corrected chi connectivity index (χ0v) is 21.0. The van der Waals surface area contributed by atoms with Crippen molar-refractivity contribution in [2.45, 2.75) is 63.6 Å². The smallest absolute Gasteiger partial charge is 0.349 e. The minimum absolute atomic E-state index is 0.0105. The summed E-state index contributed by atoms with van der Waals surface area (Å²) in [5.74, 6) is -9.21. The van der Waals surface area contributed by atoms with Gasteiger partial charge in [-0.2, -0.15) is 0 Å². The number of allylic oxidation sites excluding steroid dienone is 4. The first-order chi connectivity index (χ1) is 17.6. The molecule has 4 aliphatic rings. The lowest BCUT2D eigenvalue weighted by atomic mass is 9.44. The van der Waals surface area contributed by atoms with Crippen molar-refractivity contribution in [3.63, 3.8) is 0 Å². The number of aliphatic carboxylic acids is 1. The number of esters is 1. The highest BCUT2D eigenvalue weighted by Gasteiger charge is 2.78. The Bertz CT molecular complexity index is 1290. The van der Waals surface area contributed by atoms with Crippen molar-refractivity contribution in [2.24, 2.45) is 28.6 Å². The van der Waals surface area contributed by atoms with Gasteiger partial charge in [-0.3, -0.25) is 4.79 Å².